The van der Waals surface area contributed by atoms with Crippen LogP contribution in [0.15, 0.2) is 16.3 Å². The van der Waals surface area contributed by atoms with E-state index in [1.54, 1.807) is 6.07 Å². The lowest BCUT2D eigenvalue weighted by molar-refractivity contribution is 0.242. The third-order valence-electron chi connectivity index (χ3n) is 3.88. The number of nitriles is 1. The second kappa shape index (κ2) is 5.61. The Labute approximate surface area is 118 Å². The van der Waals surface area contributed by atoms with Crippen LogP contribution in [-0.2, 0) is 10.0 Å². The van der Waals surface area contributed by atoms with Crippen LogP contribution in [-0.4, -0.2) is 14.5 Å². The molecule has 1 saturated carbocycles. The van der Waals surface area contributed by atoms with Gasteiger partial charge in [-0.05, 0) is 43.2 Å². The summed E-state index contributed by atoms with van der Waals surface area (Å²) in [7, 11) is -3.47. The summed E-state index contributed by atoms with van der Waals surface area (Å²) in [5, 5.41) is 8.75. The van der Waals surface area contributed by atoms with Crippen molar-refractivity contribution in [2.45, 2.75) is 43.4 Å². The fraction of sp³-hybridized carbons (Fsp3) is 0.615. The number of hydrogen-bond acceptors (Lipinski definition) is 4. The van der Waals surface area contributed by atoms with Crippen LogP contribution in [0.3, 0.4) is 0 Å². The Bertz CT molecular complexity index is 586. The largest absolute Gasteiger partial charge is 0.250 e. The van der Waals surface area contributed by atoms with Crippen LogP contribution in [0.4, 0.5) is 0 Å². The molecule has 104 valence electrons. The van der Waals surface area contributed by atoms with Gasteiger partial charge >= 0.3 is 0 Å². The summed E-state index contributed by atoms with van der Waals surface area (Å²) in [6.45, 7) is 4.39. The quantitative estimate of drug-likeness (QED) is 0.932. The first-order chi connectivity index (χ1) is 8.92. The van der Waals surface area contributed by atoms with Crippen LogP contribution in [0.1, 0.15) is 38.0 Å². The average Bonchev–Trinajstić information content (AvgIpc) is 2.83. The van der Waals surface area contributed by atoms with E-state index in [9.17, 15) is 8.42 Å². The van der Waals surface area contributed by atoms with Crippen molar-refractivity contribution in [3.63, 3.8) is 0 Å². The van der Waals surface area contributed by atoms with Crippen molar-refractivity contribution in [2.24, 2.45) is 11.8 Å². The molecular formula is C13H18N2O2S2. The topological polar surface area (TPSA) is 70.0 Å². The maximum atomic E-state index is 12.2. The van der Waals surface area contributed by atoms with Gasteiger partial charge < -0.3 is 0 Å². The molecule has 0 spiro atoms. The van der Waals surface area contributed by atoms with E-state index in [0.717, 1.165) is 30.6 Å². The van der Waals surface area contributed by atoms with Gasteiger partial charge in [-0.2, -0.15) is 5.26 Å². The van der Waals surface area contributed by atoms with Gasteiger partial charge in [-0.3, -0.25) is 0 Å². The highest BCUT2D eigenvalue weighted by molar-refractivity contribution is 7.91. The fourth-order valence-electron chi connectivity index (χ4n) is 2.46. The minimum atomic E-state index is -3.47. The SMILES string of the molecule is CC1CCC(NS(=O)(=O)c2ccc(C#N)s2)CC1C. The number of nitrogens with zero attached hydrogens (tertiary/aromatic N) is 1. The van der Waals surface area contributed by atoms with E-state index >= 15 is 0 Å². The van der Waals surface area contributed by atoms with Crippen molar-refractivity contribution < 1.29 is 8.42 Å². The predicted octanol–water partition coefficient (Wildman–Crippen LogP) is 2.72. The van der Waals surface area contributed by atoms with Gasteiger partial charge in [0.25, 0.3) is 0 Å². The minimum Gasteiger partial charge on any atom is -0.207 e. The summed E-state index contributed by atoms with van der Waals surface area (Å²) >= 11 is 1.02. The molecule has 0 bridgehead atoms. The normalized spacial score (nSPS) is 27.9. The van der Waals surface area contributed by atoms with E-state index in [1.807, 2.05) is 6.07 Å². The second-order valence-corrected chi connectivity index (χ2v) is 8.34. The highest BCUT2D eigenvalue weighted by Crippen LogP contribution is 2.30. The van der Waals surface area contributed by atoms with Crippen LogP contribution >= 0.6 is 11.3 Å². The summed E-state index contributed by atoms with van der Waals surface area (Å²) < 4.78 is 27.4. The molecule has 1 aromatic heterocycles. The van der Waals surface area contributed by atoms with Gasteiger partial charge in [-0.1, -0.05) is 13.8 Å². The van der Waals surface area contributed by atoms with Crippen molar-refractivity contribution in [1.82, 2.24) is 4.72 Å². The van der Waals surface area contributed by atoms with Crippen molar-refractivity contribution in [3.05, 3.63) is 17.0 Å². The van der Waals surface area contributed by atoms with Gasteiger partial charge in [0.15, 0.2) is 0 Å². The molecule has 2 rings (SSSR count). The molecule has 0 amide bonds. The summed E-state index contributed by atoms with van der Waals surface area (Å²) in [6.07, 6.45) is 2.83. The van der Waals surface area contributed by atoms with Crippen LogP contribution in [0, 0.1) is 23.2 Å². The highest BCUT2D eigenvalue weighted by Gasteiger charge is 2.28. The zero-order valence-electron chi connectivity index (χ0n) is 11.1. The molecule has 0 aliphatic heterocycles. The lowest BCUT2D eigenvalue weighted by atomic mass is 9.79. The molecule has 0 radical (unpaired) electrons. The maximum Gasteiger partial charge on any atom is 0.250 e. The van der Waals surface area contributed by atoms with Gasteiger partial charge in [-0.15, -0.1) is 11.3 Å². The molecule has 1 heterocycles. The van der Waals surface area contributed by atoms with Gasteiger partial charge in [0, 0.05) is 6.04 Å². The monoisotopic (exact) mass is 298 g/mol. The molecule has 6 heteroatoms. The molecule has 4 nitrogen and oxygen atoms in total. The van der Waals surface area contributed by atoms with Crippen LogP contribution in [0.5, 0.6) is 0 Å². The van der Waals surface area contributed by atoms with Crippen molar-refractivity contribution >= 4 is 21.4 Å². The maximum absolute atomic E-state index is 12.2. The molecule has 1 aliphatic rings. The Hall–Kier alpha value is -0.900. The predicted molar refractivity (Wildman–Crippen MR) is 75.3 cm³/mol. The van der Waals surface area contributed by atoms with Gasteiger partial charge in [-0.25, -0.2) is 13.1 Å². The lowest BCUT2D eigenvalue weighted by Gasteiger charge is -2.32. The number of sulfonamides is 1. The highest BCUT2D eigenvalue weighted by atomic mass is 32.2. The molecule has 1 aliphatic carbocycles. The summed E-state index contributed by atoms with van der Waals surface area (Å²) in [4.78, 5) is 0.422. The molecule has 1 fully saturated rings. The van der Waals surface area contributed by atoms with Crippen LogP contribution in [0.25, 0.3) is 0 Å². The number of thiophene rings is 1. The third kappa shape index (κ3) is 3.35. The molecule has 0 saturated heterocycles. The molecule has 3 atom stereocenters. The standard InChI is InChI=1S/C13H18N2O2S2/c1-9-3-4-11(7-10(9)2)15-19(16,17)13-6-5-12(8-14)18-13/h5-6,9-11,15H,3-4,7H2,1-2H3. The van der Waals surface area contributed by atoms with Crippen molar-refractivity contribution in [3.8, 4) is 6.07 Å². The molecule has 0 aromatic carbocycles. The smallest absolute Gasteiger partial charge is 0.207 e. The Morgan fingerprint density at radius 1 is 1.32 bits per heavy atom. The third-order valence-corrected chi connectivity index (χ3v) is 6.88. The summed E-state index contributed by atoms with van der Waals surface area (Å²) in [6, 6.07) is 5.03. The molecular weight excluding hydrogens is 280 g/mol. The first kappa shape index (κ1) is 14.5. The van der Waals surface area contributed by atoms with E-state index in [1.165, 1.54) is 6.07 Å². The first-order valence-corrected chi connectivity index (χ1v) is 8.74. The zero-order chi connectivity index (χ0) is 14.0. The van der Waals surface area contributed by atoms with E-state index in [0.29, 0.717) is 16.7 Å². The lowest BCUT2D eigenvalue weighted by Crippen LogP contribution is -2.39. The first-order valence-electron chi connectivity index (χ1n) is 6.44. The van der Waals surface area contributed by atoms with Crippen LogP contribution in [0.2, 0.25) is 0 Å². The van der Waals surface area contributed by atoms with E-state index < -0.39 is 10.0 Å². The average molecular weight is 298 g/mol. The van der Waals surface area contributed by atoms with E-state index in [2.05, 4.69) is 18.6 Å². The fourth-order valence-corrected chi connectivity index (χ4v) is 4.86. The number of rotatable bonds is 3. The van der Waals surface area contributed by atoms with Crippen LogP contribution < -0.4 is 4.72 Å². The van der Waals surface area contributed by atoms with Gasteiger partial charge in [0.05, 0.1) is 0 Å². The zero-order valence-corrected chi connectivity index (χ0v) is 12.7. The Balaban J connectivity index is 2.08. The molecule has 19 heavy (non-hydrogen) atoms. The Morgan fingerprint density at radius 2 is 2.05 bits per heavy atom. The van der Waals surface area contributed by atoms with Gasteiger partial charge in [0.2, 0.25) is 10.0 Å². The Morgan fingerprint density at radius 3 is 2.63 bits per heavy atom. The minimum absolute atomic E-state index is 0.0174. The summed E-state index contributed by atoms with van der Waals surface area (Å²) in [5.74, 6) is 1.20. The second-order valence-electron chi connectivity index (χ2n) is 5.32. The molecule has 3 unspecified atom stereocenters. The molecule has 1 N–H and O–H groups in total. The number of hydrogen-bond donors (Lipinski definition) is 1. The number of nitrogens with one attached hydrogen (secondary N) is 1. The summed E-state index contributed by atoms with van der Waals surface area (Å²) in [5.41, 5.74) is 0. The van der Waals surface area contributed by atoms with Crippen molar-refractivity contribution in [2.75, 3.05) is 0 Å². The van der Waals surface area contributed by atoms with Gasteiger partial charge in [0.1, 0.15) is 15.2 Å². The van der Waals surface area contributed by atoms with E-state index in [4.69, 9.17) is 5.26 Å². The Kier molecular flexibility index (Phi) is 4.29. The van der Waals surface area contributed by atoms with E-state index in [-0.39, 0.29) is 10.3 Å². The van der Waals surface area contributed by atoms with Crippen molar-refractivity contribution in [1.29, 1.82) is 5.26 Å². The molecule has 1 aromatic rings.